The number of ether oxygens (including phenoxy) is 3. The van der Waals surface area contributed by atoms with E-state index in [4.69, 9.17) is 14.2 Å². The number of anilines is 1. The number of nitrogens with one attached hydrogen (secondary N) is 1. The van der Waals surface area contributed by atoms with Crippen molar-refractivity contribution < 1.29 is 19.0 Å². The zero-order chi connectivity index (χ0) is 19.8. The standard InChI is InChI=1S/C20H19N3O4S/c1-25-16-9-8-14(12-17(16)26-2)23-18(24)13-28-20-19(21-10-11-22-20)27-15-6-4-3-5-7-15/h3-12H,13H2,1-2H3,(H,23,24). The van der Waals surface area contributed by atoms with E-state index in [2.05, 4.69) is 15.3 Å². The second kappa shape index (κ2) is 9.61. The zero-order valence-corrected chi connectivity index (χ0v) is 16.2. The molecule has 3 rings (SSSR count). The van der Waals surface area contributed by atoms with Crippen molar-refractivity contribution in [2.24, 2.45) is 0 Å². The molecule has 1 amide bonds. The molecule has 144 valence electrons. The minimum Gasteiger partial charge on any atom is -0.493 e. The van der Waals surface area contributed by atoms with Gasteiger partial charge in [-0.25, -0.2) is 9.97 Å². The maximum atomic E-state index is 12.3. The number of rotatable bonds is 8. The van der Waals surface area contributed by atoms with Gasteiger partial charge in [-0.3, -0.25) is 4.79 Å². The van der Waals surface area contributed by atoms with Gasteiger partial charge in [-0.05, 0) is 24.3 Å². The fourth-order valence-corrected chi connectivity index (χ4v) is 3.02. The van der Waals surface area contributed by atoms with E-state index in [1.807, 2.05) is 30.3 Å². The molecule has 0 saturated heterocycles. The van der Waals surface area contributed by atoms with Crippen LogP contribution in [0, 0.1) is 0 Å². The van der Waals surface area contributed by atoms with Gasteiger partial charge in [-0.15, -0.1) is 0 Å². The summed E-state index contributed by atoms with van der Waals surface area (Å²) in [4.78, 5) is 20.8. The van der Waals surface area contributed by atoms with Gasteiger partial charge in [-0.1, -0.05) is 30.0 Å². The molecule has 0 spiro atoms. The highest BCUT2D eigenvalue weighted by atomic mass is 32.2. The Balaban J connectivity index is 1.62. The summed E-state index contributed by atoms with van der Waals surface area (Å²) in [6.45, 7) is 0. The summed E-state index contributed by atoms with van der Waals surface area (Å²) in [5, 5.41) is 3.36. The molecule has 0 fully saturated rings. The number of carbonyl (C=O) groups is 1. The van der Waals surface area contributed by atoms with Gasteiger partial charge in [0.25, 0.3) is 5.88 Å². The maximum Gasteiger partial charge on any atom is 0.252 e. The average Bonchev–Trinajstić information content (AvgIpc) is 2.73. The molecular formula is C20H19N3O4S. The summed E-state index contributed by atoms with van der Waals surface area (Å²) >= 11 is 1.24. The molecule has 7 nitrogen and oxygen atoms in total. The molecular weight excluding hydrogens is 378 g/mol. The SMILES string of the molecule is COc1ccc(NC(=O)CSc2nccnc2Oc2ccccc2)cc1OC. The second-order valence-electron chi connectivity index (χ2n) is 5.49. The molecule has 3 aromatic rings. The summed E-state index contributed by atoms with van der Waals surface area (Å²) in [5.41, 5.74) is 0.614. The molecule has 0 unspecified atom stereocenters. The van der Waals surface area contributed by atoms with Crippen molar-refractivity contribution in [1.82, 2.24) is 9.97 Å². The van der Waals surface area contributed by atoms with Crippen molar-refractivity contribution in [2.75, 3.05) is 25.3 Å². The van der Waals surface area contributed by atoms with E-state index in [-0.39, 0.29) is 11.7 Å². The van der Waals surface area contributed by atoms with Crippen LogP contribution in [-0.4, -0.2) is 35.8 Å². The lowest BCUT2D eigenvalue weighted by molar-refractivity contribution is -0.113. The molecule has 0 aliphatic carbocycles. The van der Waals surface area contributed by atoms with E-state index in [9.17, 15) is 4.79 Å². The smallest absolute Gasteiger partial charge is 0.252 e. The highest BCUT2D eigenvalue weighted by Gasteiger charge is 2.12. The van der Waals surface area contributed by atoms with E-state index >= 15 is 0 Å². The number of para-hydroxylation sites is 1. The van der Waals surface area contributed by atoms with Crippen LogP contribution in [0.15, 0.2) is 66.0 Å². The number of hydrogen-bond acceptors (Lipinski definition) is 7. The monoisotopic (exact) mass is 397 g/mol. The zero-order valence-electron chi connectivity index (χ0n) is 15.4. The molecule has 8 heteroatoms. The molecule has 0 aliphatic rings. The Morgan fingerprint density at radius 1 is 1.00 bits per heavy atom. The maximum absolute atomic E-state index is 12.3. The van der Waals surface area contributed by atoms with Crippen LogP contribution in [0.4, 0.5) is 5.69 Å². The third-order valence-electron chi connectivity index (χ3n) is 3.60. The fourth-order valence-electron chi connectivity index (χ4n) is 2.33. The summed E-state index contributed by atoms with van der Waals surface area (Å²) in [6.07, 6.45) is 3.11. The molecule has 0 radical (unpaired) electrons. The van der Waals surface area contributed by atoms with E-state index in [0.717, 1.165) is 0 Å². The lowest BCUT2D eigenvalue weighted by Crippen LogP contribution is -2.14. The van der Waals surface area contributed by atoms with Gasteiger partial charge in [0.2, 0.25) is 5.91 Å². The third kappa shape index (κ3) is 5.14. The van der Waals surface area contributed by atoms with Crippen molar-refractivity contribution in [1.29, 1.82) is 0 Å². The molecule has 0 bridgehead atoms. The van der Waals surface area contributed by atoms with Crippen molar-refractivity contribution in [3.63, 3.8) is 0 Å². The van der Waals surface area contributed by atoms with Crippen molar-refractivity contribution in [3.8, 4) is 23.1 Å². The van der Waals surface area contributed by atoms with Gasteiger partial charge in [0.1, 0.15) is 5.75 Å². The summed E-state index contributed by atoms with van der Waals surface area (Å²) < 4.78 is 16.2. The van der Waals surface area contributed by atoms with Crippen LogP contribution < -0.4 is 19.5 Å². The topological polar surface area (TPSA) is 82.6 Å². The van der Waals surface area contributed by atoms with Crippen LogP contribution >= 0.6 is 11.8 Å². The molecule has 2 aromatic carbocycles. The second-order valence-corrected chi connectivity index (χ2v) is 6.45. The van der Waals surface area contributed by atoms with E-state index < -0.39 is 0 Å². The first-order valence-corrected chi connectivity index (χ1v) is 9.36. The number of thioether (sulfide) groups is 1. The number of hydrogen-bond donors (Lipinski definition) is 1. The highest BCUT2D eigenvalue weighted by Crippen LogP contribution is 2.31. The molecule has 1 N–H and O–H groups in total. The number of nitrogens with zero attached hydrogens (tertiary/aromatic N) is 2. The number of aromatic nitrogens is 2. The van der Waals surface area contributed by atoms with Crippen LogP contribution in [0.3, 0.4) is 0 Å². The normalized spacial score (nSPS) is 10.2. The molecule has 28 heavy (non-hydrogen) atoms. The van der Waals surface area contributed by atoms with Gasteiger partial charge >= 0.3 is 0 Å². The third-order valence-corrected chi connectivity index (χ3v) is 4.56. The highest BCUT2D eigenvalue weighted by molar-refractivity contribution is 8.00. The van der Waals surface area contributed by atoms with E-state index in [1.54, 1.807) is 44.8 Å². The van der Waals surface area contributed by atoms with Crippen molar-refractivity contribution >= 4 is 23.4 Å². The molecule has 0 atom stereocenters. The van der Waals surface area contributed by atoms with Crippen molar-refractivity contribution in [2.45, 2.75) is 5.03 Å². The Hall–Kier alpha value is -3.26. The van der Waals surface area contributed by atoms with Gasteiger partial charge in [0.15, 0.2) is 16.5 Å². The average molecular weight is 397 g/mol. The summed E-state index contributed by atoms with van der Waals surface area (Å²) in [5.74, 6) is 2.11. The number of benzene rings is 2. The van der Waals surface area contributed by atoms with Gasteiger partial charge in [0, 0.05) is 24.1 Å². The van der Waals surface area contributed by atoms with Crippen LogP contribution in [0.2, 0.25) is 0 Å². The van der Waals surface area contributed by atoms with Crippen LogP contribution in [0.1, 0.15) is 0 Å². The Morgan fingerprint density at radius 2 is 1.75 bits per heavy atom. The lowest BCUT2D eigenvalue weighted by atomic mass is 10.2. The largest absolute Gasteiger partial charge is 0.493 e. The van der Waals surface area contributed by atoms with Gasteiger partial charge < -0.3 is 19.5 Å². The first-order valence-electron chi connectivity index (χ1n) is 8.38. The van der Waals surface area contributed by atoms with Crippen LogP contribution in [0.5, 0.6) is 23.1 Å². The Kier molecular flexibility index (Phi) is 6.69. The number of amides is 1. The van der Waals surface area contributed by atoms with E-state index in [1.165, 1.54) is 11.8 Å². The first-order chi connectivity index (χ1) is 13.7. The quantitative estimate of drug-likeness (QED) is 0.575. The Morgan fingerprint density at radius 3 is 2.50 bits per heavy atom. The molecule has 0 saturated carbocycles. The predicted molar refractivity (Wildman–Crippen MR) is 107 cm³/mol. The van der Waals surface area contributed by atoms with Gasteiger partial charge in [-0.2, -0.15) is 0 Å². The fraction of sp³-hybridized carbons (Fsp3) is 0.150. The van der Waals surface area contributed by atoms with Crippen molar-refractivity contribution in [3.05, 3.63) is 60.9 Å². The van der Waals surface area contributed by atoms with Crippen LogP contribution in [-0.2, 0) is 4.79 Å². The van der Waals surface area contributed by atoms with E-state index in [0.29, 0.717) is 33.8 Å². The molecule has 0 aliphatic heterocycles. The first kappa shape index (κ1) is 19.5. The summed E-state index contributed by atoms with van der Waals surface area (Å²) in [6, 6.07) is 14.5. The number of carbonyl (C=O) groups excluding carboxylic acids is 1. The van der Waals surface area contributed by atoms with Gasteiger partial charge in [0.05, 0.1) is 20.0 Å². The lowest BCUT2D eigenvalue weighted by Gasteiger charge is -2.11. The number of methoxy groups -OCH3 is 2. The predicted octanol–water partition coefficient (Wildman–Crippen LogP) is 4.02. The Labute approximate surface area is 167 Å². The molecule has 1 aromatic heterocycles. The minimum atomic E-state index is -0.187. The minimum absolute atomic E-state index is 0.151. The van der Waals surface area contributed by atoms with Crippen LogP contribution in [0.25, 0.3) is 0 Å². The Bertz CT molecular complexity index is 938. The summed E-state index contributed by atoms with van der Waals surface area (Å²) in [7, 11) is 3.10. The molecule has 1 heterocycles.